The van der Waals surface area contributed by atoms with Crippen LogP contribution in [0.15, 0.2) is 18.2 Å². The van der Waals surface area contributed by atoms with E-state index in [0.717, 1.165) is 0 Å². The Morgan fingerprint density at radius 1 is 1.50 bits per heavy atom. The first kappa shape index (κ1) is 13.1. The number of aryl methyl sites for hydroxylation is 1. The van der Waals surface area contributed by atoms with Crippen molar-refractivity contribution in [2.75, 3.05) is 5.33 Å². The maximum absolute atomic E-state index is 12.2. The van der Waals surface area contributed by atoms with Crippen LogP contribution < -0.4 is 4.74 Å². The van der Waals surface area contributed by atoms with Crippen molar-refractivity contribution in [1.82, 2.24) is 0 Å². The lowest BCUT2D eigenvalue weighted by molar-refractivity contribution is -0.0505. The molecule has 0 bridgehead atoms. The number of carbonyl (C=O) groups excluding carboxylic acids is 1. The summed E-state index contributed by atoms with van der Waals surface area (Å²) in [6.45, 7) is -1.29. The van der Waals surface area contributed by atoms with Crippen molar-refractivity contribution < 1.29 is 18.3 Å². The second kappa shape index (κ2) is 5.94. The van der Waals surface area contributed by atoms with Gasteiger partial charge in [0, 0.05) is 11.8 Å². The Kier molecular flexibility index (Phi) is 4.86. The second-order valence-corrected chi connectivity index (χ2v) is 3.99. The second-order valence-electron chi connectivity index (χ2n) is 3.19. The average molecular weight is 293 g/mol. The summed E-state index contributed by atoms with van der Waals surface area (Å²) in [6.07, 6.45) is 0.253. The van der Waals surface area contributed by atoms with Crippen LogP contribution >= 0.6 is 15.9 Å². The maximum Gasteiger partial charge on any atom is 0.387 e. The first-order chi connectivity index (χ1) is 7.56. The van der Waals surface area contributed by atoms with Crippen LogP contribution in [0.25, 0.3) is 0 Å². The topological polar surface area (TPSA) is 26.3 Å². The first-order valence-electron chi connectivity index (χ1n) is 4.70. The molecule has 0 radical (unpaired) electrons. The van der Waals surface area contributed by atoms with E-state index in [0.29, 0.717) is 10.9 Å². The summed E-state index contributed by atoms with van der Waals surface area (Å²) in [5, 5.41) is 0.494. The highest BCUT2D eigenvalue weighted by atomic mass is 79.9. The molecule has 0 saturated carbocycles. The molecule has 0 fully saturated rings. The zero-order chi connectivity index (χ0) is 12.1. The van der Waals surface area contributed by atoms with Crippen LogP contribution in [0.5, 0.6) is 5.75 Å². The molecule has 16 heavy (non-hydrogen) atoms. The molecule has 0 aliphatic rings. The smallest absolute Gasteiger partial charge is 0.387 e. The number of benzene rings is 1. The van der Waals surface area contributed by atoms with Gasteiger partial charge in [-0.1, -0.05) is 28.1 Å². The Hall–Kier alpha value is -0.970. The molecule has 0 heterocycles. The molecule has 0 N–H and O–H groups in total. The normalized spacial score (nSPS) is 10.6. The number of Topliss-reactive ketones (excluding diaryl/α,β-unsaturated/α-hetero) is 1. The number of carbonyl (C=O) groups is 1. The van der Waals surface area contributed by atoms with E-state index in [1.807, 2.05) is 0 Å². The van der Waals surface area contributed by atoms with Crippen molar-refractivity contribution in [2.24, 2.45) is 0 Å². The minimum Gasteiger partial charge on any atom is -0.434 e. The van der Waals surface area contributed by atoms with E-state index in [4.69, 9.17) is 0 Å². The summed E-state index contributed by atoms with van der Waals surface area (Å²) in [5.41, 5.74) is 0.737. The molecular formula is C11H11BrF2O2. The van der Waals surface area contributed by atoms with Gasteiger partial charge in [0.15, 0.2) is 5.78 Å². The molecule has 0 spiro atoms. The lowest BCUT2D eigenvalue weighted by atomic mass is 10.0. The summed E-state index contributed by atoms with van der Waals surface area (Å²) in [5.74, 6) is -0.236. The molecule has 0 aliphatic carbocycles. The third-order valence-corrected chi connectivity index (χ3v) is 2.44. The Morgan fingerprint density at radius 3 is 2.75 bits per heavy atom. The third-order valence-electron chi connectivity index (χ3n) is 2.04. The van der Waals surface area contributed by atoms with Crippen LogP contribution in [-0.2, 0) is 0 Å². The summed E-state index contributed by atoms with van der Waals surface area (Å²) < 4.78 is 28.7. The monoisotopic (exact) mass is 292 g/mol. The van der Waals surface area contributed by atoms with Crippen LogP contribution in [0, 0.1) is 6.92 Å². The molecule has 1 aromatic carbocycles. The highest BCUT2D eigenvalue weighted by molar-refractivity contribution is 9.09. The van der Waals surface area contributed by atoms with Crippen molar-refractivity contribution in [1.29, 1.82) is 0 Å². The van der Waals surface area contributed by atoms with E-state index < -0.39 is 6.61 Å². The average Bonchev–Trinajstić information content (AvgIpc) is 2.20. The SMILES string of the molecule is Cc1cccc(C(=O)CCBr)c1OC(F)F. The van der Waals surface area contributed by atoms with Gasteiger partial charge in [-0.15, -0.1) is 0 Å². The highest BCUT2D eigenvalue weighted by Gasteiger charge is 2.16. The predicted molar refractivity (Wildman–Crippen MR) is 60.6 cm³/mol. The molecule has 0 amide bonds. The summed E-state index contributed by atoms with van der Waals surface area (Å²) in [6, 6.07) is 4.77. The lowest BCUT2D eigenvalue weighted by Gasteiger charge is -2.12. The molecule has 0 aromatic heterocycles. The zero-order valence-electron chi connectivity index (χ0n) is 8.67. The van der Waals surface area contributed by atoms with Crippen molar-refractivity contribution in [3.8, 4) is 5.75 Å². The summed E-state index contributed by atoms with van der Waals surface area (Å²) in [4.78, 5) is 11.6. The van der Waals surface area contributed by atoms with E-state index in [1.165, 1.54) is 6.07 Å². The van der Waals surface area contributed by atoms with E-state index in [2.05, 4.69) is 20.7 Å². The van der Waals surface area contributed by atoms with Gasteiger partial charge in [-0.25, -0.2) is 0 Å². The lowest BCUT2D eigenvalue weighted by Crippen LogP contribution is -2.09. The largest absolute Gasteiger partial charge is 0.434 e. The Balaban J connectivity index is 3.07. The quantitative estimate of drug-likeness (QED) is 0.613. The van der Waals surface area contributed by atoms with Crippen LogP contribution in [0.3, 0.4) is 0 Å². The molecule has 5 heteroatoms. The van der Waals surface area contributed by atoms with Gasteiger partial charge in [0.25, 0.3) is 0 Å². The number of rotatable bonds is 5. The van der Waals surface area contributed by atoms with Crippen LogP contribution in [0.4, 0.5) is 8.78 Å². The Bertz CT molecular complexity index is 380. The molecule has 2 nitrogen and oxygen atoms in total. The number of hydrogen-bond acceptors (Lipinski definition) is 2. The Morgan fingerprint density at radius 2 is 2.19 bits per heavy atom. The number of alkyl halides is 3. The standard InChI is InChI=1S/C11H11BrF2O2/c1-7-3-2-4-8(9(15)5-6-12)10(7)16-11(13)14/h2-4,11H,5-6H2,1H3. The number of ketones is 1. The van der Waals surface area contributed by atoms with Gasteiger partial charge in [-0.2, -0.15) is 8.78 Å². The third kappa shape index (κ3) is 3.27. The van der Waals surface area contributed by atoms with Gasteiger partial charge in [-0.3, -0.25) is 4.79 Å². The molecule has 88 valence electrons. The molecule has 1 aromatic rings. The molecular weight excluding hydrogens is 282 g/mol. The van der Waals surface area contributed by atoms with Gasteiger partial charge >= 0.3 is 6.61 Å². The van der Waals surface area contributed by atoms with Crippen molar-refractivity contribution in [3.05, 3.63) is 29.3 Å². The molecule has 0 aliphatic heterocycles. The molecule has 1 rings (SSSR count). The predicted octanol–water partition coefficient (Wildman–Crippen LogP) is 3.56. The van der Waals surface area contributed by atoms with Gasteiger partial charge in [0.2, 0.25) is 0 Å². The number of para-hydroxylation sites is 1. The summed E-state index contributed by atoms with van der Waals surface area (Å²) >= 11 is 3.13. The number of ether oxygens (including phenoxy) is 1. The Labute approximate surface area is 101 Å². The van der Waals surface area contributed by atoms with Gasteiger partial charge in [0.05, 0.1) is 5.56 Å². The molecule has 0 saturated heterocycles. The number of hydrogen-bond donors (Lipinski definition) is 0. The number of halogens is 3. The van der Waals surface area contributed by atoms with Gasteiger partial charge < -0.3 is 4.74 Å². The zero-order valence-corrected chi connectivity index (χ0v) is 10.3. The van der Waals surface area contributed by atoms with E-state index in [-0.39, 0.29) is 23.5 Å². The van der Waals surface area contributed by atoms with Crippen LogP contribution in [-0.4, -0.2) is 17.7 Å². The fourth-order valence-electron chi connectivity index (χ4n) is 1.34. The summed E-state index contributed by atoms with van der Waals surface area (Å²) in [7, 11) is 0. The fourth-order valence-corrected chi connectivity index (χ4v) is 1.70. The van der Waals surface area contributed by atoms with E-state index >= 15 is 0 Å². The van der Waals surface area contributed by atoms with Gasteiger partial charge in [-0.05, 0) is 18.6 Å². The molecule has 0 atom stereocenters. The highest BCUT2D eigenvalue weighted by Crippen LogP contribution is 2.26. The maximum atomic E-state index is 12.2. The first-order valence-corrected chi connectivity index (χ1v) is 5.82. The fraction of sp³-hybridized carbons (Fsp3) is 0.364. The van der Waals surface area contributed by atoms with Crippen molar-refractivity contribution in [3.63, 3.8) is 0 Å². The van der Waals surface area contributed by atoms with E-state index in [1.54, 1.807) is 19.1 Å². The van der Waals surface area contributed by atoms with Crippen molar-refractivity contribution >= 4 is 21.7 Å². The molecule has 0 unspecified atom stereocenters. The van der Waals surface area contributed by atoms with Crippen LogP contribution in [0.1, 0.15) is 22.3 Å². The minimum atomic E-state index is -2.92. The van der Waals surface area contributed by atoms with Gasteiger partial charge in [0.1, 0.15) is 5.75 Å². The minimum absolute atomic E-state index is 0.0246. The van der Waals surface area contributed by atoms with Crippen LogP contribution in [0.2, 0.25) is 0 Å². The van der Waals surface area contributed by atoms with E-state index in [9.17, 15) is 13.6 Å². The van der Waals surface area contributed by atoms with Crippen molar-refractivity contribution in [2.45, 2.75) is 20.0 Å².